The molecule has 0 fully saturated rings. The smallest absolute Gasteiger partial charge is 0.330 e. The first-order valence-corrected chi connectivity index (χ1v) is 5.69. The zero-order valence-electron chi connectivity index (χ0n) is 10.5. The fourth-order valence-electron chi connectivity index (χ4n) is 1.25. The number of hydrogen-bond donors (Lipinski definition) is 0. The highest BCUT2D eigenvalue weighted by atomic mass is 16.5. The lowest BCUT2D eigenvalue weighted by atomic mass is 10.2. The van der Waals surface area contributed by atoms with Gasteiger partial charge in [-0.25, -0.2) is 4.79 Å². The lowest BCUT2D eigenvalue weighted by Crippen LogP contribution is -2.02. The van der Waals surface area contributed by atoms with Crippen LogP contribution in [-0.4, -0.2) is 32.4 Å². The Hall–Kier alpha value is -2.10. The van der Waals surface area contributed by atoms with Crippen molar-refractivity contribution in [3.05, 3.63) is 42.5 Å². The summed E-state index contributed by atoms with van der Waals surface area (Å²) < 4.78 is 9.89. The van der Waals surface area contributed by atoms with Crippen molar-refractivity contribution in [3.63, 3.8) is 0 Å². The quantitative estimate of drug-likeness (QED) is 0.321. The Morgan fingerprint density at radius 2 is 2.11 bits per heavy atom. The Morgan fingerprint density at radius 1 is 1.39 bits per heavy atom. The predicted octanol–water partition coefficient (Wildman–Crippen LogP) is 2.23. The summed E-state index contributed by atoms with van der Waals surface area (Å²) in [6.45, 7) is 4.30. The van der Waals surface area contributed by atoms with Gasteiger partial charge in [0.25, 0.3) is 0 Å². The zero-order valence-corrected chi connectivity index (χ0v) is 10.5. The SMILES string of the molecule is C=CC(=O)OCCCN=Cc1ccc(OC)cc1. The molecule has 4 nitrogen and oxygen atoms in total. The van der Waals surface area contributed by atoms with Crippen molar-refractivity contribution in [2.75, 3.05) is 20.3 Å². The van der Waals surface area contributed by atoms with E-state index in [1.165, 1.54) is 0 Å². The molecule has 0 heterocycles. The van der Waals surface area contributed by atoms with Crippen LogP contribution in [0, 0.1) is 0 Å². The third-order valence-corrected chi connectivity index (χ3v) is 2.20. The number of ether oxygens (including phenoxy) is 2. The van der Waals surface area contributed by atoms with Crippen molar-refractivity contribution in [3.8, 4) is 5.75 Å². The maximum absolute atomic E-state index is 10.7. The lowest BCUT2D eigenvalue weighted by Gasteiger charge is -2.00. The Morgan fingerprint density at radius 3 is 2.72 bits per heavy atom. The monoisotopic (exact) mass is 247 g/mol. The molecule has 4 heteroatoms. The largest absolute Gasteiger partial charge is 0.497 e. The molecule has 0 aliphatic carbocycles. The average Bonchev–Trinajstić information content (AvgIpc) is 2.43. The fourth-order valence-corrected chi connectivity index (χ4v) is 1.25. The van der Waals surface area contributed by atoms with Crippen LogP contribution in [0.15, 0.2) is 41.9 Å². The van der Waals surface area contributed by atoms with Gasteiger partial charge in [0.1, 0.15) is 5.75 Å². The molecule has 96 valence electrons. The van der Waals surface area contributed by atoms with Gasteiger partial charge in [0.05, 0.1) is 13.7 Å². The van der Waals surface area contributed by atoms with Crippen LogP contribution in [0.2, 0.25) is 0 Å². The van der Waals surface area contributed by atoms with Crippen molar-refractivity contribution in [2.24, 2.45) is 4.99 Å². The highest BCUT2D eigenvalue weighted by molar-refractivity contribution is 5.81. The number of benzene rings is 1. The number of carbonyl (C=O) groups excluding carboxylic acids is 1. The maximum Gasteiger partial charge on any atom is 0.330 e. The maximum atomic E-state index is 10.7. The molecule has 0 atom stereocenters. The number of hydrogen-bond acceptors (Lipinski definition) is 4. The Bertz CT molecular complexity index is 410. The van der Waals surface area contributed by atoms with Gasteiger partial charge in [0, 0.05) is 25.3 Å². The highest BCUT2D eigenvalue weighted by Crippen LogP contribution is 2.09. The molecule has 0 unspecified atom stereocenters. The molecule has 0 radical (unpaired) electrons. The van der Waals surface area contributed by atoms with Crippen molar-refractivity contribution in [2.45, 2.75) is 6.42 Å². The Balaban J connectivity index is 2.23. The summed E-state index contributed by atoms with van der Waals surface area (Å²) in [5.41, 5.74) is 1.01. The van der Waals surface area contributed by atoms with E-state index in [0.29, 0.717) is 19.6 Å². The van der Waals surface area contributed by atoms with Crippen molar-refractivity contribution < 1.29 is 14.3 Å². The van der Waals surface area contributed by atoms with E-state index in [2.05, 4.69) is 11.6 Å². The third-order valence-electron chi connectivity index (χ3n) is 2.20. The van der Waals surface area contributed by atoms with E-state index in [9.17, 15) is 4.79 Å². The molecule has 0 aliphatic heterocycles. The van der Waals surface area contributed by atoms with Crippen molar-refractivity contribution >= 4 is 12.2 Å². The van der Waals surface area contributed by atoms with E-state index in [4.69, 9.17) is 9.47 Å². The first-order valence-electron chi connectivity index (χ1n) is 5.69. The van der Waals surface area contributed by atoms with Gasteiger partial charge in [-0.2, -0.15) is 0 Å². The molecule has 0 amide bonds. The summed E-state index contributed by atoms with van der Waals surface area (Å²) in [5.74, 6) is 0.428. The molecule has 1 rings (SSSR count). The number of methoxy groups -OCH3 is 1. The van der Waals surface area contributed by atoms with E-state index in [0.717, 1.165) is 17.4 Å². The number of carbonyl (C=O) groups is 1. The van der Waals surface area contributed by atoms with Gasteiger partial charge < -0.3 is 9.47 Å². The summed E-state index contributed by atoms with van der Waals surface area (Å²) in [4.78, 5) is 15.0. The molecule has 0 aromatic heterocycles. The number of esters is 1. The predicted molar refractivity (Wildman–Crippen MR) is 71.2 cm³/mol. The molecular weight excluding hydrogens is 230 g/mol. The van der Waals surface area contributed by atoms with Crippen LogP contribution in [0.1, 0.15) is 12.0 Å². The minimum atomic E-state index is -0.394. The van der Waals surface area contributed by atoms with Crippen LogP contribution in [0.5, 0.6) is 5.75 Å². The first kappa shape index (κ1) is 14.0. The molecule has 0 N–H and O–H groups in total. The molecule has 0 saturated carbocycles. The van der Waals surface area contributed by atoms with Crippen LogP contribution in [0.4, 0.5) is 0 Å². The standard InChI is InChI=1S/C14H17NO3/c1-3-14(16)18-10-4-9-15-11-12-5-7-13(17-2)8-6-12/h3,5-8,11H,1,4,9-10H2,2H3. The molecule has 0 saturated heterocycles. The molecule has 18 heavy (non-hydrogen) atoms. The summed E-state index contributed by atoms with van der Waals surface area (Å²) in [6.07, 6.45) is 3.64. The number of nitrogens with zero attached hydrogens (tertiary/aromatic N) is 1. The van der Waals surface area contributed by atoms with Gasteiger partial charge in [0.15, 0.2) is 0 Å². The molecule has 0 spiro atoms. The van der Waals surface area contributed by atoms with Gasteiger partial charge >= 0.3 is 5.97 Å². The number of aliphatic imine (C=N–C) groups is 1. The molecular formula is C14H17NO3. The number of rotatable bonds is 7. The van der Waals surface area contributed by atoms with Gasteiger partial charge in [0.2, 0.25) is 0 Å². The third kappa shape index (κ3) is 5.30. The van der Waals surface area contributed by atoms with Crippen molar-refractivity contribution in [1.82, 2.24) is 0 Å². The second-order valence-electron chi connectivity index (χ2n) is 3.53. The topological polar surface area (TPSA) is 47.9 Å². The highest BCUT2D eigenvalue weighted by Gasteiger charge is 1.94. The summed E-state index contributed by atoms with van der Waals surface area (Å²) >= 11 is 0. The van der Waals surface area contributed by atoms with Gasteiger partial charge in [-0.1, -0.05) is 6.58 Å². The van der Waals surface area contributed by atoms with Crippen LogP contribution in [-0.2, 0) is 9.53 Å². The van der Waals surface area contributed by atoms with Crippen LogP contribution < -0.4 is 4.74 Å². The molecule has 1 aromatic carbocycles. The first-order chi connectivity index (χ1) is 8.76. The normalized spacial score (nSPS) is 10.3. The zero-order chi connectivity index (χ0) is 13.2. The summed E-state index contributed by atoms with van der Waals surface area (Å²) in [5, 5.41) is 0. The van der Waals surface area contributed by atoms with E-state index in [1.54, 1.807) is 13.3 Å². The van der Waals surface area contributed by atoms with Gasteiger partial charge in [-0.3, -0.25) is 4.99 Å². The lowest BCUT2D eigenvalue weighted by molar-refractivity contribution is -0.137. The second kappa shape index (κ2) is 8.06. The Kier molecular flexibility index (Phi) is 6.25. The van der Waals surface area contributed by atoms with E-state index >= 15 is 0 Å². The van der Waals surface area contributed by atoms with Gasteiger partial charge in [-0.15, -0.1) is 0 Å². The Labute approximate surface area is 107 Å². The van der Waals surface area contributed by atoms with E-state index < -0.39 is 5.97 Å². The molecule has 1 aromatic rings. The summed E-state index contributed by atoms with van der Waals surface area (Å²) in [7, 11) is 1.63. The molecule has 0 aliphatic rings. The second-order valence-corrected chi connectivity index (χ2v) is 3.53. The average molecular weight is 247 g/mol. The van der Waals surface area contributed by atoms with E-state index in [-0.39, 0.29) is 0 Å². The van der Waals surface area contributed by atoms with Crippen LogP contribution >= 0.6 is 0 Å². The van der Waals surface area contributed by atoms with Crippen LogP contribution in [0.25, 0.3) is 0 Å². The summed E-state index contributed by atoms with van der Waals surface area (Å²) in [6, 6.07) is 7.63. The minimum absolute atomic E-state index is 0.366. The minimum Gasteiger partial charge on any atom is -0.497 e. The van der Waals surface area contributed by atoms with Crippen molar-refractivity contribution in [1.29, 1.82) is 0 Å². The van der Waals surface area contributed by atoms with Gasteiger partial charge in [-0.05, 0) is 29.8 Å². The molecule has 0 bridgehead atoms. The fraction of sp³-hybridized carbons (Fsp3) is 0.286. The van der Waals surface area contributed by atoms with E-state index in [1.807, 2.05) is 24.3 Å². The van der Waals surface area contributed by atoms with Crippen LogP contribution in [0.3, 0.4) is 0 Å².